The number of rotatable bonds is 6. The first-order chi connectivity index (χ1) is 8.31. The highest BCUT2D eigenvalue weighted by Gasteiger charge is 2.31. The highest BCUT2D eigenvalue weighted by Crippen LogP contribution is 2.31. The monoisotopic (exact) mass is 239 g/mol. The van der Waals surface area contributed by atoms with Crippen LogP contribution < -0.4 is 5.32 Å². The van der Waals surface area contributed by atoms with E-state index < -0.39 is 0 Å². The predicted octanol–water partition coefficient (Wildman–Crippen LogP) is 3.36. The Morgan fingerprint density at radius 1 is 1.24 bits per heavy atom. The quantitative estimate of drug-likeness (QED) is 0.767. The van der Waals surface area contributed by atoms with Gasteiger partial charge in [0.2, 0.25) is 0 Å². The van der Waals surface area contributed by atoms with Crippen LogP contribution in [-0.4, -0.2) is 25.3 Å². The average Bonchev–Trinajstić information content (AvgIpc) is 2.95. The average molecular weight is 239 g/mol. The number of ether oxygens (including phenoxy) is 1. The molecule has 2 fully saturated rings. The Bertz CT molecular complexity index is 213. The number of hydrogen-bond donors (Lipinski definition) is 1. The molecule has 2 rings (SSSR count). The van der Waals surface area contributed by atoms with Crippen LogP contribution in [0.25, 0.3) is 0 Å². The zero-order valence-corrected chi connectivity index (χ0v) is 11.6. The van der Waals surface area contributed by atoms with E-state index in [0.717, 1.165) is 25.0 Å². The van der Waals surface area contributed by atoms with Crippen molar-refractivity contribution in [3.63, 3.8) is 0 Å². The Labute approximate surface area is 107 Å². The van der Waals surface area contributed by atoms with Crippen molar-refractivity contribution in [3.05, 3.63) is 0 Å². The first-order valence-electron chi connectivity index (χ1n) is 7.66. The van der Waals surface area contributed by atoms with Crippen LogP contribution in [0, 0.1) is 11.8 Å². The highest BCUT2D eigenvalue weighted by atomic mass is 16.5. The van der Waals surface area contributed by atoms with E-state index in [4.69, 9.17) is 4.74 Å². The molecule has 3 atom stereocenters. The van der Waals surface area contributed by atoms with Crippen molar-refractivity contribution < 1.29 is 4.74 Å². The SMILES string of the molecule is CCNC(CCC1CCCC1)C1OCCC1C. The van der Waals surface area contributed by atoms with Gasteiger partial charge in [-0.15, -0.1) is 0 Å². The van der Waals surface area contributed by atoms with Crippen molar-refractivity contribution in [1.82, 2.24) is 5.32 Å². The van der Waals surface area contributed by atoms with Crippen LogP contribution in [0.5, 0.6) is 0 Å². The minimum Gasteiger partial charge on any atom is -0.376 e. The molecule has 2 nitrogen and oxygen atoms in total. The van der Waals surface area contributed by atoms with E-state index in [1.807, 2.05) is 0 Å². The van der Waals surface area contributed by atoms with Gasteiger partial charge < -0.3 is 10.1 Å². The third kappa shape index (κ3) is 3.69. The third-order valence-electron chi connectivity index (χ3n) is 4.67. The van der Waals surface area contributed by atoms with Crippen molar-refractivity contribution in [2.24, 2.45) is 11.8 Å². The van der Waals surface area contributed by atoms with Crippen LogP contribution in [0.1, 0.15) is 58.8 Å². The van der Waals surface area contributed by atoms with Crippen molar-refractivity contribution in [2.75, 3.05) is 13.2 Å². The summed E-state index contributed by atoms with van der Waals surface area (Å²) in [5.74, 6) is 1.75. The summed E-state index contributed by atoms with van der Waals surface area (Å²) < 4.78 is 5.93. The second-order valence-electron chi connectivity index (χ2n) is 5.99. The highest BCUT2D eigenvalue weighted by molar-refractivity contribution is 4.85. The van der Waals surface area contributed by atoms with Crippen LogP contribution in [0.2, 0.25) is 0 Å². The van der Waals surface area contributed by atoms with Crippen LogP contribution in [-0.2, 0) is 4.74 Å². The molecule has 1 saturated heterocycles. The molecule has 0 aromatic carbocycles. The molecule has 0 spiro atoms. The molecule has 1 saturated carbocycles. The lowest BCUT2D eigenvalue weighted by atomic mass is 9.91. The van der Waals surface area contributed by atoms with Gasteiger partial charge in [0.05, 0.1) is 6.10 Å². The van der Waals surface area contributed by atoms with Gasteiger partial charge in [-0.05, 0) is 37.6 Å². The normalized spacial score (nSPS) is 32.1. The smallest absolute Gasteiger partial charge is 0.0754 e. The molecule has 2 heteroatoms. The largest absolute Gasteiger partial charge is 0.376 e. The molecule has 3 unspecified atom stereocenters. The molecule has 0 amide bonds. The second-order valence-corrected chi connectivity index (χ2v) is 5.99. The molecule has 1 aliphatic heterocycles. The summed E-state index contributed by atoms with van der Waals surface area (Å²) in [6.07, 6.45) is 10.3. The van der Waals surface area contributed by atoms with Gasteiger partial charge in [-0.3, -0.25) is 0 Å². The Morgan fingerprint density at radius 2 is 2.00 bits per heavy atom. The summed E-state index contributed by atoms with van der Waals surface area (Å²) in [7, 11) is 0. The van der Waals surface area contributed by atoms with Crippen LogP contribution in [0.4, 0.5) is 0 Å². The Hall–Kier alpha value is -0.0800. The van der Waals surface area contributed by atoms with E-state index in [1.54, 1.807) is 0 Å². The summed E-state index contributed by atoms with van der Waals surface area (Å²) in [4.78, 5) is 0. The van der Waals surface area contributed by atoms with Gasteiger partial charge in [-0.2, -0.15) is 0 Å². The maximum Gasteiger partial charge on any atom is 0.0754 e. The molecule has 17 heavy (non-hydrogen) atoms. The Morgan fingerprint density at radius 3 is 2.59 bits per heavy atom. The third-order valence-corrected chi connectivity index (χ3v) is 4.67. The lowest BCUT2D eigenvalue weighted by Gasteiger charge is -2.27. The Balaban J connectivity index is 1.78. The predicted molar refractivity (Wildman–Crippen MR) is 72.2 cm³/mol. The number of hydrogen-bond acceptors (Lipinski definition) is 2. The molecule has 0 aromatic rings. The first-order valence-corrected chi connectivity index (χ1v) is 7.66. The molecule has 0 radical (unpaired) electrons. The maximum atomic E-state index is 5.93. The topological polar surface area (TPSA) is 21.3 Å². The van der Waals surface area contributed by atoms with Crippen molar-refractivity contribution in [2.45, 2.75) is 70.9 Å². The Kier molecular flexibility index (Phi) is 5.30. The van der Waals surface area contributed by atoms with Gasteiger partial charge in [0, 0.05) is 12.6 Å². The van der Waals surface area contributed by atoms with Crippen LogP contribution in [0.3, 0.4) is 0 Å². The summed E-state index contributed by atoms with van der Waals surface area (Å²) in [5, 5.41) is 3.65. The molecule has 0 bridgehead atoms. The molecule has 1 aliphatic carbocycles. The lowest BCUT2D eigenvalue weighted by Crippen LogP contribution is -2.42. The fourth-order valence-corrected chi connectivity index (χ4v) is 3.59. The molecule has 1 N–H and O–H groups in total. The van der Waals surface area contributed by atoms with E-state index in [-0.39, 0.29) is 0 Å². The van der Waals surface area contributed by atoms with Crippen LogP contribution >= 0.6 is 0 Å². The molecule has 0 aromatic heterocycles. The van der Waals surface area contributed by atoms with E-state index in [9.17, 15) is 0 Å². The van der Waals surface area contributed by atoms with Crippen molar-refractivity contribution >= 4 is 0 Å². The van der Waals surface area contributed by atoms with E-state index in [2.05, 4.69) is 19.2 Å². The van der Waals surface area contributed by atoms with Gasteiger partial charge in [-0.1, -0.05) is 39.5 Å². The van der Waals surface area contributed by atoms with E-state index in [1.165, 1.54) is 44.9 Å². The maximum absolute atomic E-state index is 5.93. The minimum absolute atomic E-state index is 0.469. The lowest BCUT2D eigenvalue weighted by molar-refractivity contribution is 0.0567. The van der Waals surface area contributed by atoms with Gasteiger partial charge in [0.25, 0.3) is 0 Å². The van der Waals surface area contributed by atoms with Gasteiger partial charge >= 0.3 is 0 Å². The molecular weight excluding hydrogens is 210 g/mol. The zero-order chi connectivity index (χ0) is 12.1. The summed E-state index contributed by atoms with van der Waals surface area (Å²) >= 11 is 0. The summed E-state index contributed by atoms with van der Waals surface area (Å²) in [6, 6.07) is 0.595. The van der Waals surface area contributed by atoms with Crippen molar-refractivity contribution in [1.29, 1.82) is 0 Å². The minimum atomic E-state index is 0.469. The van der Waals surface area contributed by atoms with E-state index >= 15 is 0 Å². The molecular formula is C15H29NO. The van der Waals surface area contributed by atoms with E-state index in [0.29, 0.717) is 12.1 Å². The molecule has 2 aliphatic rings. The summed E-state index contributed by atoms with van der Waals surface area (Å²) in [5.41, 5.74) is 0. The first kappa shape index (κ1) is 13.4. The fourth-order valence-electron chi connectivity index (χ4n) is 3.59. The number of likely N-dealkylation sites (N-methyl/N-ethyl adjacent to an activating group) is 1. The molecule has 1 heterocycles. The van der Waals surface area contributed by atoms with Crippen LogP contribution in [0.15, 0.2) is 0 Å². The van der Waals surface area contributed by atoms with Gasteiger partial charge in [0.15, 0.2) is 0 Å². The summed E-state index contributed by atoms with van der Waals surface area (Å²) in [6.45, 7) is 6.60. The van der Waals surface area contributed by atoms with Gasteiger partial charge in [-0.25, -0.2) is 0 Å². The zero-order valence-electron chi connectivity index (χ0n) is 11.6. The van der Waals surface area contributed by atoms with Crippen molar-refractivity contribution in [3.8, 4) is 0 Å². The fraction of sp³-hybridized carbons (Fsp3) is 1.00. The number of nitrogens with one attached hydrogen (secondary N) is 1. The standard InChI is InChI=1S/C15H29NO/c1-3-16-14(15-12(2)10-11-17-15)9-8-13-6-4-5-7-13/h12-16H,3-11H2,1-2H3. The molecule has 100 valence electrons. The second kappa shape index (κ2) is 6.75. The van der Waals surface area contributed by atoms with Gasteiger partial charge in [0.1, 0.15) is 0 Å².